The van der Waals surface area contributed by atoms with E-state index in [1.165, 1.54) is 12.3 Å². The number of pyridine rings is 1. The van der Waals surface area contributed by atoms with Crippen LogP contribution in [0.1, 0.15) is 24.2 Å². The quantitative estimate of drug-likeness (QED) is 0.698. The number of carboxylic acid groups (broad SMARTS) is 1. The highest BCUT2D eigenvalue weighted by Gasteiger charge is 2.11. The van der Waals surface area contributed by atoms with E-state index in [-0.39, 0.29) is 11.4 Å². The van der Waals surface area contributed by atoms with Crippen molar-refractivity contribution in [1.82, 2.24) is 4.98 Å². The van der Waals surface area contributed by atoms with E-state index in [4.69, 9.17) is 10.8 Å². The summed E-state index contributed by atoms with van der Waals surface area (Å²) in [5.74, 6) is -0.359. The molecule has 0 atom stereocenters. The van der Waals surface area contributed by atoms with Gasteiger partial charge < -0.3 is 16.2 Å². The van der Waals surface area contributed by atoms with Gasteiger partial charge in [0.25, 0.3) is 0 Å². The van der Waals surface area contributed by atoms with E-state index < -0.39 is 5.97 Å². The van der Waals surface area contributed by atoms with Crippen LogP contribution in [0.3, 0.4) is 0 Å². The Hall–Kier alpha value is -1.78. The maximum atomic E-state index is 10.9. The highest BCUT2D eigenvalue weighted by molar-refractivity contribution is 5.94. The first-order valence-corrected chi connectivity index (χ1v) is 4.73. The van der Waals surface area contributed by atoms with Gasteiger partial charge in [0, 0.05) is 6.54 Å². The van der Waals surface area contributed by atoms with E-state index in [0.717, 1.165) is 0 Å². The molecule has 0 spiro atoms. The molecule has 0 amide bonds. The minimum absolute atomic E-state index is 0.156. The number of rotatable bonds is 4. The molecule has 0 aromatic carbocycles. The van der Waals surface area contributed by atoms with Crippen LogP contribution in [0.25, 0.3) is 0 Å². The lowest BCUT2D eigenvalue weighted by atomic mass is 10.2. The fraction of sp³-hybridized carbons (Fsp3) is 0.400. The molecule has 0 saturated heterocycles. The second kappa shape index (κ2) is 4.63. The smallest absolute Gasteiger partial charge is 0.337 e. The van der Waals surface area contributed by atoms with Crippen LogP contribution in [0.5, 0.6) is 0 Å². The minimum atomic E-state index is -1.00. The summed E-state index contributed by atoms with van der Waals surface area (Å²) in [5.41, 5.74) is 6.08. The summed E-state index contributed by atoms with van der Waals surface area (Å²) < 4.78 is 0. The number of hydrogen-bond donors (Lipinski definition) is 3. The lowest BCUT2D eigenvalue weighted by Crippen LogP contribution is -2.12. The molecule has 82 valence electrons. The molecule has 1 aromatic heterocycles. The number of aromatic carboxylic acids is 1. The van der Waals surface area contributed by atoms with Gasteiger partial charge in [-0.05, 0) is 12.0 Å². The normalized spacial score (nSPS) is 10.3. The Morgan fingerprint density at radius 1 is 1.67 bits per heavy atom. The molecule has 1 rings (SSSR count). The largest absolute Gasteiger partial charge is 0.478 e. The summed E-state index contributed by atoms with van der Waals surface area (Å²) in [6, 6.07) is 1.35. The molecule has 1 aromatic rings. The zero-order chi connectivity index (χ0) is 11.4. The number of nitrogen functional groups attached to an aromatic ring is 1. The third-order valence-corrected chi connectivity index (χ3v) is 1.86. The van der Waals surface area contributed by atoms with Crippen molar-refractivity contribution in [2.45, 2.75) is 13.8 Å². The fourth-order valence-electron chi connectivity index (χ4n) is 1.10. The first-order valence-electron chi connectivity index (χ1n) is 4.73. The van der Waals surface area contributed by atoms with Crippen molar-refractivity contribution >= 4 is 17.5 Å². The highest BCUT2D eigenvalue weighted by atomic mass is 16.4. The molecule has 0 unspecified atom stereocenters. The summed E-state index contributed by atoms with van der Waals surface area (Å²) in [6.45, 7) is 4.78. The lowest BCUT2D eigenvalue weighted by molar-refractivity contribution is 0.0698. The molecule has 0 aliphatic carbocycles. The Labute approximate surface area is 88.3 Å². The topological polar surface area (TPSA) is 88.2 Å². The molecule has 5 heteroatoms. The van der Waals surface area contributed by atoms with Gasteiger partial charge in [-0.15, -0.1) is 0 Å². The highest BCUT2D eigenvalue weighted by Crippen LogP contribution is 2.16. The second-order valence-electron chi connectivity index (χ2n) is 3.73. The van der Waals surface area contributed by atoms with Crippen molar-refractivity contribution in [1.29, 1.82) is 0 Å². The average Bonchev–Trinajstić information content (AvgIpc) is 2.15. The number of hydrogen-bond acceptors (Lipinski definition) is 4. The third-order valence-electron chi connectivity index (χ3n) is 1.86. The van der Waals surface area contributed by atoms with E-state index in [1.54, 1.807) is 0 Å². The number of carbonyl (C=O) groups is 1. The number of carboxylic acids is 1. The predicted molar refractivity (Wildman–Crippen MR) is 58.9 cm³/mol. The molecule has 5 nitrogen and oxygen atoms in total. The van der Waals surface area contributed by atoms with Crippen molar-refractivity contribution in [2.24, 2.45) is 5.92 Å². The second-order valence-corrected chi connectivity index (χ2v) is 3.73. The number of nitrogens with zero attached hydrogens (tertiary/aromatic N) is 1. The van der Waals surface area contributed by atoms with E-state index in [9.17, 15) is 4.79 Å². The van der Waals surface area contributed by atoms with Crippen molar-refractivity contribution in [3.63, 3.8) is 0 Å². The molecule has 0 fully saturated rings. The van der Waals surface area contributed by atoms with Crippen LogP contribution in [-0.2, 0) is 0 Å². The van der Waals surface area contributed by atoms with E-state index >= 15 is 0 Å². The minimum Gasteiger partial charge on any atom is -0.478 e. The third kappa shape index (κ3) is 3.12. The summed E-state index contributed by atoms with van der Waals surface area (Å²) >= 11 is 0. The van der Waals surface area contributed by atoms with Gasteiger partial charge in [0.15, 0.2) is 0 Å². The van der Waals surface area contributed by atoms with Crippen molar-refractivity contribution in [3.05, 3.63) is 17.8 Å². The Bertz CT molecular complexity index is 364. The summed E-state index contributed by atoms with van der Waals surface area (Å²) in [7, 11) is 0. The van der Waals surface area contributed by atoms with Crippen molar-refractivity contribution < 1.29 is 9.90 Å². The van der Waals surface area contributed by atoms with Gasteiger partial charge in [0.2, 0.25) is 0 Å². The Kier molecular flexibility index (Phi) is 3.49. The number of anilines is 2. The van der Waals surface area contributed by atoms with Crippen LogP contribution in [0.15, 0.2) is 12.3 Å². The van der Waals surface area contributed by atoms with Gasteiger partial charge in [-0.2, -0.15) is 0 Å². The molecule has 0 radical (unpaired) electrons. The van der Waals surface area contributed by atoms with Gasteiger partial charge in [-0.3, -0.25) is 0 Å². The van der Waals surface area contributed by atoms with Gasteiger partial charge in [0.05, 0.1) is 17.4 Å². The first-order chi connectivity index (χ1) is 7.00. The first kappa shape index (κ1) is 11.3. The van der Waals surface area contributed by atoms with Gasteiger partial charge >= 0.3 is 5.97 Å². The van der Waals surface area contributed by atoms with Crippen LogP contribution in [0, 0.1) is 5.92 Å². The standard InChI is InChI=1S/C10H15N3O2/c1-6(2)4-12-8-5-13-9(11)3-7(8)10(14)15/h3,5-6,12H,4H2,1-2H3,(H2,11,13)(H,14,15). The molecule has 0 aliphatic rings. The zero-order valence-corrected chi connectivity index (χ0v) is 8.82. The van der Waals surface area contributed by atoms with Gasteiger partial charge in [-0.25, -0.2) is 9.78 Å². The Morgan fingerprint density at radius 3 is 2.87 bits per heavy atom. The molecular formula is C10H15N3O2. The van der Waals surface area contributed by atoms with E-state index in [1.807, 2.05) is 13.8 Å². The lowest BCUT2D eigenvalue weighted by Gasteiger charge is -2.11. The van der Waals surface area contributed by atoms with Crippen LogP contribution < -0.4 is 11.1 Å². The van der Waals surface area contributed by atoms with Crippen LogP contribution in [-0.4, -0.2) is 22.6 Å². The number of nitrogens with two attached hydrogens (primary N) is 1. The maximum Gasteiger partial charge on any atom is 0.337 e. The molecule has 15 heavy (non-hydrogen) atoms. The molecular weight excluding hydrogens is 194 g/mol. The maximum absolute atomic E-state index is 10.9. The molecule has 4 N–H and O–H groups in total. The average molecular weight is 209 g/mol. The molecule has 0 aliphatic heterocycles. The number of aromatic nitrogens is 1. The van der Waals surface area contributed by atoms with Crippen LogP contribution in [0.4, 0.5) is 11.5 Å². The Morgan fingerprint density at radius 2 is 2.33 bits per heavy atom. The van der Waals surface area contributed by atoms with E-state index in [0.29, 0.717) is 18.2 Å². The monoisotopic (exact) mass is 209 g/mol. The zero-order valence-electron chi connectivity index (χ0n) is 8.82. The molecule has 0 saturated carbocycles. The van der Waals surface area contributed by atoms with Crippen molar-refractivity contribution in [2.75, 3.05) is 17.6 Å². The predicted octanol–water partition coefficient (Wildman–Crippen LogP) is 1.43. The van der Waals surface area contributed by atoms with Crippen molar-refractivity contribution in [3.8, 4) is 0 Å². The Balaban J connectivity index is 2.91. The van der Waals surface area contributed by atoms with Gasteiger partial charge in [-0.1, -0.05) is 13.8 Å². The summed E-state index contributed by atoms with van der Waals surface area (Å²) in [4.78, 5) is 14.7. The molecule has 1 heterocycles. The summed E-state index contributed by atoms with van der Waals surface area (Å²) in [6.07, 6.45) is 1.45. The van der Waals surface area contributed by atoms with E-state index in [2.05, 4.69) is 10.3 Å². The van der Waals surface area contributed by atoms with Crippen LogP contribution >= 0.6 is 0 Å². The SMILES string of the molecule is CC(C)CNc1cnc(N)cc1C(=O)O. The fourth-order valence-corrected chi connectivity index (χ4v) is 1.10. The van der Waals surface area contributed by atoms with Crippen LogP contribution in [0.2, 0.25) is 0 Å². The van der Waals surface area contributed by atoms with Gasteiger partial charge in [0.1, 0.15) is 5.82 Å². The number of nitrogens with one attached hydrogen (secondary N) is 1. The molecule has 0 bridgehead atoms. The summed E-state index contributed by atoms with van der Waals surface area (Å²) in [5, 5.41) is 12.0.